The first-order valence-electron chi connectivity index (χ1n) is 8.61. The van der Waals surface area contributed by atoms with E-state index in [-0.39, 0.29) is 41.3 Å². The first-order chi connectivity index (χ1) is 11.8. The maximum absolute atomic E-state index is 12.5. The van der Waals surface area contributed by atoms with Crippen molar-refractivity contribution in [3.63, 3.8) is 0 Å². The van der Waals surface area contributed by atoms with Crippen molar-refractivity contribution < 1.29 is 22.7 Å². The Morgan fingerprint density at radius 1 is 1.31 bits per heavy atom. The number of carbonyl (C=O) groups is 1. The van der Waals surface area contributed by atoms with Crippen LogP contribution in [0.15, 0.2) is 24.3 Å². The third-order valence-corrected chi connectivity index (χ3v) is 5.17. The maximum Gasteiger partial charge on any atom is 0.573 e. The summed E-state index contributed by atoms with van der Waals surface area (Å²) in [6.45, 7) is 4.66. The predicted octanol–water partition coefficient (Wildman–Crippen LogP) is 3.62. The van der Waals surface area contributed by atoms with Crippen LogP contribution in [0, 0.1) is 11.3 Å². The van der Waals surface area contributed by atoms with Crippen molar-refractivity contribution in [1.29, 1.82) is 0 Å². The van der Waals surface area contributed by atoms with E-state index in [4.69, 9.17) is 0 Å². The molecular weight excluding hydrogens is 369 g/mol. The summed E-state index contributed by atoms with van der Waals surface area (Å²) in [7, 11) is 0. The van der Waals surface area contributed by atoms with Gasteiger partial charge in [0.15, 0.2) is 0 Å². The van der Waals surface area contributed by atoms with Crippen LogP contribution < -0.4 is 15.4 Å². The molecule has 0 bridgehead atoms. The summed E-state index contributed by atoms with van der Waals surface area (Å²) < 4.78 is 41.7. The summed E-state index contributed by atoms with van der Waals surface area (Å²) in [5.74, 6) is -0.769. The van der Waals surface area contributed by atoms with E-state index in [1.54, 1.807) is 12.1 Å². The summed E-state index contributed by atoms with van der Waals surface area (Å²) in [5, 5.41) is 6.29. The van der Waals surface area contributed by atoms with Crippen LogP contribution in [0.3, 0.4) is 0 Å². The van der Waals surface area contributed by atoms with Gasteiger partial charge in [0.1, 0.15) is 5.75 Å². The maximum atomic E-state index is 12.5. The van der Waals surface area contributed by atoms with E-state index >= 15 is 0 Å². The van der Waals surface area contributed by atoms with E-state index in [2.05, 4.69) is 22.3 Å². The second-order valence-corrected chi connectivity index (χ2v) is 7.31. The zero-order valence-corrected chi connectivity index (χ0v) is 15.4. The van der Waals surface area contributed by atoms with Crippen LogP contribution in [0.4, 0.5) is 13.2 Å². The number of ether oxygens (including phenoxy) is 1. The molecule has 1 saturated heterocycles. The third kappa shape index (κ3) is 5.27. The molecule has 2 atom stereocenters. The average Bonchev–Trinajstić information content (AvgIpc) is 3.33. The molecule has 0 radical (unpaired) electrons. The summed E-state index contributed by atoms with van der Waals surface area (Å²) >= 11 is 0. The molecule has 8 heteroatoms. The second kappa shape index (κ2) is 8.05. The van der Waals surface area contributed by atoms with E-state index in [1.165, 1.54) is 12.1 Å². The van der Waals surface area contributed by atoms with Gasteiger partial charge in [-0.1, -0.05) is 25.1 Å². The molecule has 0 aromatic heterocycles. The minimum Gasteiger partial charge on any atom is -0.405 e. The molecule has 4 nitrogen and oxygen atoms in total. The van der Waals surface area contributed by atoms with Gasteiger partial charge in [-0.3, -0.25) is 4.79 Å². The topological polar surface area (TPSA) is 50.4 Å². The lowest BCUT2D eigenvalue weighted by molar-refractivity contribution is -0.274. The molecule has 1 heterocycles. The van der Waals surface area contributed by atoms with Gasteiger partial charge in [0.2, 0.25) is 5.91 Å². The highest BCUT2D eigenvalue weighted by molar-refractivity contribution is 5.85. The lowest BCUT2D eigenvalue weighted by Crippen LogP contribution is -2.43. The van der Waals surface area contributed by atoms with Gasteiger partial charge in [0.05, 0.1) is 0 Å². The fourth-order valence-electron chi connectivity index (χ4n) is 3.47. The Balaban J connectivity index is 0.00000243. The van der Waals surface area contributed by atoms with Gasteiger partial charge in [-0.05, 0) is 55.3 Å². The van der Waals surface area contributed by atoms with E-state index < -0.39 is 6.36 Å². The molecule has 146 valence electrons. The number of carbonyl (C=O) groups excluding carboxylic acids is 1. The van der Waals surface area contributed by atoms with Crippen molar-refractivity contribution in [1.82, 2.24) is 10.6 Å². The van der Waals surface area contributed by atoms with Crippen molar-refractivity contribution in [3.8, 4) is 5.75 Å². The van der Waals surface area contributed by atoms with Gasteiger partial charge in [-0.2, -0.15) is 0 Å². The summed E-state index contributed by atoms with van der Waals surface area (Å²) in [6.07, 6.45) is -2.16. The van der Waals surface area contributed by atoms with Crippen LogP contribution in [0.2, 0.25) is 0 Å². The van der Waals surface area contributed by atoms with Gasteiger partial charge in [0, 0.05) is 12.5 Å². The molecule has 2 fully saturated rings. The lowest BCUT2D eigenvalue weighted by atomic mass is 9.81. The first-order valence-corrected chi connectivity index (χ1v) is 8.61. The van der Waals surface area contributed by atoms with Crippen LogP contribution >= 0.6 is 12.4 Å². The number of hydrogen-bond acceptors (Lipinski definition) is 3. The van der Waals surface area contributed by atoms with Crippen LogP contribution in [0.5, 0.6) is 5.75 Å². The Kier molecular flexibility index (Phi) is 6.45. The van der Waals surface area contributed by atoms with Gasteiger partial charge in [-0.15, -0.1) is 25.6 Å². The van der Waals surface area contributed by atoms with Crippen LogP contribution in [-0.2, 0) is 4.79 Å². The Morgan fingerprint density at radius 2 is 1.96 bits per heavy atom. The molecule has 2 N–H and O–H groups in total. The Bertz CT molecular complexity index is 633. The smallest absolute Gasteiger partial charge is 0.405 e. The Hall–Kier alpha value is -1.47. The molecule has 1 aromatic carbocycles. The normalized spacial score (nSPS) is 24.3. The zero-order chi connectivity index (χ0) is 18.1. The predicted molar refractivity (Wildman–Crippen MR) is 94.4 cm³/mol. The molecular formula is C18H24ClF3N2O2. The highest BCUT2D eigenvalue weighted by Crippen LogP contribution is 2.51. The number of para-hydroxylation sites is 1. The van der Waals surface area contributed by atoms with E-state index in [0.29, 0.717) is 18.5 Å². The number of halogens is 4. The fraction of sp³-hybridized carbons (Fsp3) is 0.611. The zero-order valence-electron chi connectivity index (χ0n) is 14.6. The number of nitrogens with one attached hydrogen (secondary N) is 2. The largest absolute Gasteiger partial charge is 0.573 e. The quantitative estimate of drug-likeness (QED) is 0.804. The number of piperidine rings is 1. The second-order valence-electron chi connectivity index (χ2n) is 7.31. The molecule has 3 rings (SSSR count). The standard InChI is InChI=1S/C18H23F3N2O2.ClH/c1-17(6-8-22-9-7-17)11-23-16(24)14-10-13(14)12-4-2-3-5-15(12)25-18(19,20)21;/h2-5,13-14,22H,6-11H2,1H3,(H,23,24);1H. The minimum atomic E-state index is -4.73. The molecule has 1 aliphatic heterocycles. The van der Waals surface area contributed by atoms with Crippen molar-refractivity contribution in [2.75, 3.05) is 19.6 Å². The molecule has 1 aromatic rings. The number of alkyl halides is 3. The van der Waals surface area contributed by atoms with Crippen molar-refractivity contribution in [3.05, 3.63) is 29.8 Å². The fourth-order valence-corrected chi connectivity index (χ4v) is 3.47. The molecule has 26 heavy (non-hydrogen) atoms. The van der Waals surface area contributed by atoms with E-state index in [0.717, 1.165) is 25.9 Å². The molecule has 2 aliphatic rings. The first kappa shape index (κ1) is 20.8. The van der Waals surface area contributed by atoms with E-state index in [9.17, 15) is 18.0 Å². The number of rotatable bonds is 5. The van der Waals surface area contributed by atoms with Crippen molar-refractivity contribution in [2.45, 2.75) is 38.5 Å². The SMILES string of the molecule is CC1(CNC(=O)C2CC2c2ccccc2OC(F)(F)F)CCNCC1.Cl. The van der Waals surface area contributed by atoms with E-state index in [1.807, 2.05) is 0 Å². The van der Waals surface area contributed by atoms with Gasteiger partial charge >= 0.3 is 6.36 Å². The number of benzene rings is 1. The van der Waals surface area contributed by atoms with Gasteiger partial charge in [0.25, 0.3) is 0 Å². The minimum absolute atomic E-state index is 0. The van der Waals surface area contributed by atoms with Crippen molar-refractivity contribution >= 4 is 18.3 Å². The van der Waals surface area contributed by atoms with Crippen molar-refractivity contribution in [2.24, 2.45) is 11.3 Å². The lowest BCUT2D eigenvalue weighted by Gasteiger charge is -2.34. The number of amides is 1. The highest BCUT2D eigenvalue weighted by atomic mass is 35.5. The average molecular weight is 393 g/mol. The van der Waals surface area contributed by atoms with Gasteiger partial charge < -0.3 is 15.4 Å². The van der Waals surface area contributed by atoms with Crippen LogP contribution in [-0.4, -0.2) is 31.9 Å². The van der Waals surface area contributed by atoms with Crippen LogP contribution in [0.25, 0.3) is 0 Å². The summed E-state index contributed by atoms with van der Waals surface area (Å²) in [5.41, 5.74) is 0.538. The Morgan fingerprint density at radius 3 is 2.62 bits per heavy atom. The highest BCUT2D eigenvalue weighted by Gasteiger charge is 2.46. The monoisotopic (exact) mass is 392 g/mol. The molecule has 2 unspecified atom stereocenters. The summed E-state index contributed by atoms with van der Waals surface area (Å²) in [4.78, 5) is 12.4. The molecule has 1 saturated carbocycles. The third-order valence-electron chi connectivity index (χ3n) is 5.17. The molecule has 1 aliphatic carbocycles. The Labute approximate surface area is 157 Å². The van der Waals surface area contributed by atoms with Crippen LogP contribution in [0.1, 0.15) is 37.7 Å². The molecule has 1 amide bonds. The molecule has 0 spiro atoms. The van der Waals surface area contributed by atoms with Gasteiger partial charge in [-0.25, -0.2) is 0 Å². The number of hydrogen-bond donors (Lipinski definition) is 2. The summed E-state index contributed by atoms with van der Waals surface area (Å²) in [6, 6.07) is 6.07.